The molecule has 0 fully saturated rings. The molecule has 0 heterocycles. The summed E-state index contributed by atoms with van der Waals surface area (Å²) in [7, 11) is 0. The Balaban J connectivity index is 3.42. The molecular formula is C12H17NO. The van der Waals surface area contributed by atoms with Crippen LogP contribution in [0.25, 0.3) is 0 Å². The lowest BCUT2D eigenvalue weighted by Crippen LogP contribution is -2.30. The van der Waals surface area contributed by atoms with Gasteiger partial charge < -0.3 is 5.73 Å². The third-order valence-electron chi connectivity index (χ3n) is 2.49. The van der Waals surface area contributed by atoms with Crippen LogP contribution in [0, 0.1) is 13.8 Å². The van der Waals surface area contributed by atoms with E-state index in [2.05, 4.69) is 0 Å². The number of aryl methyl sites for hydroxylation is 2. The number of benzene rings is 1. The van der Waals surface area contributed by atoms with Crippen molar-refractivity contribution in [3.8, 4) is 0 Å². The second kappa shape index (κ2) is 3.54. The van der Waals surface area contributed by atoms with E-state index in [9.17, 15) is 4.79 Å². The predicted octanol–water partition coefficient (Wildman–Crippen LogP) is 2.31. The molecule has 0 amide bonds. The minimum atomic E-state index is -0.464. The van der Waals surface area contributed by atoms with Crippen LogP contribution in [0.3, 0.4) is 0 Å². The normalized spacial score (nSPS) is 11.5. The molecule has 1 aromatic rings. The fourth-order valence-corrected chi connectivity index (χ4v) is 1.49. The van der Waals surface area contributed by atoms with Crippen LogP contribution in [0.2, 0.25) is 0 Å². The molecule has 0 saturated carbocycles. The molecule has 0 saturated heterocycles. The molecule has 2 nitrogen and oxygen atoms in total. The van der Waals surface area contributed by atoms with Gasteiger partial charge in [0.25, 0.3) is 0 Å². The summed E-state index contributed by atoms with van der Waals surface area (Å²) < 4.78 is 0. The topological polar surface area (TPSA) is 43.1 Å². The first-order valence-electron chi connectivity index (χ1n) is 4.72. The van der Waals surface area contributed by atoms with Crippen molar-refractivity contribution in [2.24, 2.45) is 5.73 Å². The molecular weight excluding hydrogens is 174 g/mol. The van der Waals surface area contributed by atoms with Gasteiger partial charge in [-0.3, -0.25) is 4.79 Å². The standard InChI is InChI=1S/C12H17NO/c1-8-5-10(7-14)11(6-9(8)2)12(3,4)13/h5-7H,13H2,1-4H3. The summed E-state index contributed by atoms with van der Waals surface area (Å²) in [5.74, 6) is 0. The molecule has 0 aliphatic carbocycles. The monoisotopic (exact) mass is 191 g/mol. The molecule has 1 rings (SSSR count). The van der Waals surface area contributed by atoms with Crippen LogP contribution in [0.1, 0.15) is 40.9 Å². The first-order valence-corrected chi connectivity index (χ1v) is 4.72. The largest absolute Gasteiger partial charge is 0.322 e. The molecule has 0 spiro atoms. The highest BCUT2D eigenvalue weighted by molar-refractivity contribution is 5.78. The summed E-state index contributed by atoms with van der Waals surface area (Å²) in [6, 6.07) is 3.89. The van der Waals surface area contributed by atoms with E-state index in [0.717, 1.165) is 17.4 Å². The molecule has 0 radical (unpaired) electrons. The summed E-state index contributed by atoms with van der Waals surface area (Å²) in [5.41, 5.74) is 9.43. The highest BCUT2D eigenvalue weighted by Gasteiger charge is 2.18. The molecule has 0 aromatic heterocycles. The van der Waals surface area contributed by atoms with Gasteiger partial charge in [0.1, 0.15) is 6.29 Å². The fourth-order valence-electron chi connectivity index (χ4n) is 1.49. The van der Waals surface area contributed by atoms with Gasteiger partial charge in [-0.15, -0.1) is 0 Å². The highest BCUT2D eigenvalue weighted by Crippen LogP contribution is 2.23. The summed E-state index contributed by atoms with van der Waals surface area (Å²) in [5, 5.41) is 0. The maximum Gasteiger partial charge on any atom is 0.150 e. The Bertz CT molecular complexity index is 361. The van der Waals surface area contributed by atoms with Gasteiger partial charge in [-0.1, -0.05) is 6.07 Å². The van der Waals surface area contributed by atoms with E-state index in [1.165, 1.54) is 5.56 Å². The van der Waals surface area contributed by atoms with Gasteiger partial charge in [0.2, 0.25) is 0 Å². The molecule has 0 unspecified atom stereocenters. The second-order valence-corrected chi connectivity index (χ2v) is 4.36. The minimum absolute atomic E-state index is 0.464. The molecule has 0 aliphatic rings. The highest BCUT2D eigenvalue weighted by atomic mass is 16.1. The molecule has 0 bridgehead atoms. The number of hydrogen-bond donors (Lipinski definition) is 1. The smallest absolute Gasteiger partial charge is 0.150 e. The number of carbonyl (C=O) groups excluding carboxylic acids is 1. The third kappa shape index (κ3) is 2.02. The fraction of sp³-hybridized carbons (Fsp3) is 0.417. The van der Waals surface area contributed by atoms with Gasteiger partial charge in [0.05, 0.1) is 0 Å². The molecule has 1 aromatic carbocycles. The summed E-state index contributed by atoms with van der Waals surface area (Å²) in [6.45, 7) is 7.84. The van der Waals surface area contributed by atoms with Crippen molar-refractivity contribution < 1.29 is 4.79 Å². The number of hydrogen-bond acceptors (Lipinski definition) is 2. The Morgan fingerprint density at radius 1 is 1.21 bits per heavy atom. The predicted molar refractivity (Wildman–Crippen MR) is 58.5 cm³/mol. The summed E-state index contributed by atoms with van der Waals surface area (Å²) in [6.07, 6.45) is 0.871. The Hall–Kier alpha value is -1.15. The van der Waals surface area contributed by atoms with E-state index in [1.807, 2.05) is 39.8 Å². The maximum atomic E-state index is 10.9. The average Bonchev–Trinajstić information content (AvgIpc) is 2.07. The van der Waals surface area contributed by atoms with Gasteiger partial charge in [0.15, 0.2) is 0 Å². The molecule has 0 atom stereocenters. The van der Waals surface area contributed by atoms with Crippen molar-refractivity contribution in [3.63, 3.8) is 0 Å². The SMILES string of the molecule is Cc1cc(C=O)c(C(C)(C)N)cc1C. The van der Waals surface area contributed by atoms with E-state index < -0.39 is 5.54 Å². The van der Waals surface area contributed by atoms with Crippen LogP contribution in [0.5, 0.6) is 0 Å². The zero-order chi connectivity index (χ0) is 10.9. The van der Waals surface area contributed by atoms with Gasteiger partial charge in [-0.25, -0.2) is 0 Å². The first-order chi connectivity index (χ1) is 6.36. The lowest BCUT2D eigenvalue weighted by Gasteiger charge is -2.22. The molecule has 14 heavy (non-hydrogen) atoms. The van der Waals surface area contributed by atoms with Crippen molar-refractivity contribution in [1.29, 1.82) is 0 Å². The third-order valence-corrected chi connectivity index (χ3v) is 2.49. The van der Waals surface area contributed by atoms with Crippen LogP contribution < -0.4 is 5.73 Å². The van der Waals surface area contributed by atoms with Crippen LogP contribution in [-0.4, -0.2) is 6.29 Å². The Kier molecular flexibility index (Phi) is 2.76. The van der Waals surface area contributed by atoms with E-state index in [1.54, 1.807) is 0 Å². The number of aldehydes is 1. The van der Waals surface area contributed by atoms with E-state index in [-0.39, 0.29) is 0 Å². The Morgan fingerprint density at radius 3 is 2.14 bits per heavy atom. The summed E-state index contributed by atoms with van der Waals surface area (Å²) in [4.78, 5) is 10.9. The van der Waals surface area contributed by atoms with Gasteiger partial charge in [-0.05, 0) is 50.5 Å². The van der Waals surface area contributed by atoms with Gasteiger partial charge >= 0.3 is 0 Å². The van der Waals surface area contributed by atoms with Gasteiger partial charge in [0, 0.05) is 11.1 Å². The summed E-state index contributed by atoms with van der Waals surface area (Å²) >= 11 is 0. The average molecular weight is 191 g/mol. The lowest BCUT2D eigenvalue weighted by molar-refractivity contribution is 0.112. The van der Waals surface area contributed by atoms with Crippen LogP contribution in [0.15, 0.2) is 12.1 Å². The quantitative estimate of drug-likeness (QED) is 0.729. The van der Waals surface area contributed by atoms with E-state index in [0.29, 0.717) is 5.56 Å². The van der Waals surface area contributed by atoms with Gasteiger partial charge in [-0.2, -0.15) is 0 Å². The molecule has 2 N–H and O–H groups in total. The van der Waals surface area contributed by atoms with Crippen molar-refractivity contribution >= 4 is 6.29 Å². The Morgan fingerprint density at radius 2 is 1.71 bits per heavy atom. The van der Waals surface area contributed by atoms with Crippen LogP contribution in [0.4, 0.5) is 0 Å². The molecule has 0 aliphatic heterocycles. The Labute approximate surface area is 85.1 Å². The lowest BCUT2D eigenvalue weighted by atomic mass is 9.88. The number of rotatable bonds is 2. The number of nitrogens with two attached hydrogens (primary N) is 1. The second-order valence-electron chi connectivity index (χ2n) is 4.36. The maximum absolute atomic E-state index is 10.9. The zero-order valence-corrected chi connectivity index (χ0v) is 9.22. The minimum Gasteiger partial charge on any atom is -0.322 e. The molecule has 2 heteroatoms. The zero-order valence-electron chi connectivity index (χ0n) is 9.22. The van der Waals surface area contributed by atoms with Crippen molar-refractivity contribution in [1.82, 2.24) is 0 Å². The van der Waals surface area contributed by atoms with Crippen molar-refractivity contribution in [2.75, 3.05) is 0 Å². The van der Waals surface area contributed by atoms with Crippen molar-refractivity contribution in [2.45, 2.75) is 33.2 Å². The van der Waals surface area contributed by atoms with Crippen LogP contribution >= 0.6 is 0 Å². The van der Waals surface area contributed by atoms with E-state index in [4.69, 9.17) is 5.73 Å². The van der Waals surface area contributed by atoms with Crippen molar-refractivity contribution in [3.05, 3.63) is 34.4 Å². The molecule has 76 valence electrons. The van der Waals surface area contributed by atoms with Crippen LogP contribution in [-0.2, 0) is 5.54 Å². The number of carbonyl (C=O) groups is 1. The van der Waals surface area contributed by atoms with E-state index >= 15 is 0 Å². The first kappa shape index (κ1) is 10.9.